The molecule has 1 saturated heterocycles. The standard InChI is InChI=1S/C22H22N2O2/c1-26-21(14-7-3-2-4-8-14)22(25)24-15-11-12-19(24)20-16-9-5-6-10-17(16)23-18(20)13-15/h2-10,15,19,21,23H,11-13H2,1H3/t15-,19+,21-/m1/s1. The predicted octanol–water partition coefficient (Wildman–Crippen LogP) is 4.14. The molecule has 1 aromatic heterocycles. The van der Waals surface area contributed by atoms with Crippen LogP contribution in [0.25, 0.3) is 10.9 Å². The molecular weight excluding hydrogens is 324 g/mol. The van der Waals surface area contributed by atoms with E-state index in [0.29, 0.717) is 0 Å². The molecule has 3 aromatic rings. The highest BCUT2D eigenvalue weighted by Gasteiger charge is 2.46. The summed E-state index contributed by atoms with van der Waals surface area (Å²) in [4.78, 5) is 19.1. The second kappa shape index (κ2) is 5.99. The fourth-order valence-electron chi connectivity index (χ4n) is 4.84. The van der Waals surface area contributed by atoms with Crippen LogP contribution in [-0.4, -0.2) is 28.9 Å². The lowest BCUT2D eigenvalue weighted by Gasteiger charge is -2.37. The lowest BCUT2D eigenvalue weighted by Crippen LogP contribution is -2.44. The van der Waals surface area contributed by atoms with Crippen LogP contribution in [0, 0.1) is 0 Å². The van der Waals surface area contributed by atoms with Gasteiger partial charge in [0.15, 0.2) is 6.10 Å². The van der Waals surface area contributed by atoms with E-state index >= 15 is 0 Å². The minimum Gasteiger partial charge on any atom is -0.367 e. The van der Waals surface area contributed by atoms with Crippen molar-refractivity contribution in [3.05, 3.63) is 71.4 Å². The van der Waals surface area contributed by atoms with Gasteiger partial charge in [0.25, 0.3) is 5.91 Å². The molecule has 1 N–H and O–H groups in total. The number of fused-ring (bicyclic) bond motifs is 6. The van der Waals surface area contributed by atoms with Gasteiger partial charge in [-0.15, -0.1) is 0 Å². The number of methoxy groups -OCH3 is 1. The van der Waals surface area contributed by atoms with Crippen LogP contribution in [-0.2, 0) is 16.0 Å². The number of nitrogens with zero attached hydrogens (tertiary/aromatic N) is 1. The van der Waals surface area contributed by atoms with Crippen molar-refractivity contribution in [2.45, 2.75) is 37.5 Å². The molecule has 3 heterocycles. The molecule has 0 spiro atoms. The van der Waals surface area contributed by atoms with Gasteiger partial charge in [0.05, 0.1) is 6.04 Å². The van der Waals surface area contributed by atoms with Gasteiger partial charge in [-0.1, -0.05) is 48.5 Å². The number of nitrogens with one attached hydrogen (secondary N) is 1. The molecule has 1 amide bonds. The van der Waals surface area contributed by atoms with Gasteiger partial charge in [0.2, 0.25) is 0 Å². The van der Waals surface area contributed by atoms with Crippen LogP contribution in [0.3, 0.4) is 0 Å². The Balaban J connectivity index is 1.55. The summed E-state index contributed by atoms with van der Waals surface area (Å²) < 4.78 is 5.63. The van der Waals surface area contributed by atoms with Crippen LogP contribution in [0.1, 0.15) is 41.8 Å². The normalized spacial score (nSPS) is 22.4. The molecule has 0 unspecified atom stereocenters. The quantitative estimate of drug-likeness (QED) is 0.774. The average Bonchev–Trinajstić information content (AvgIpc) is 3.20. The summed E-state index contributed by atoms with van der Waals surface area (Å²) in [5.41, 5.74) is 4.70. The number of benzene rings is 2. The zero-order chi connectivity index (χ0) is 17.7. The number of para-hydroxylation sites is 1. The molecule has 3 atom stereocenters. The van der Waals surface area contributed by atoms with E-state index in [0.717, 1.165) is 24.8 Å². The molecule has 26 heavy (non-hydrogen) atoms. The van der Waals surface area contributed by atoms with Crippen molar-refractivity contribution >= 4 is 16.8 Å². The Bertz CT molecular complexity index is 963. The molecule has 5 rings (SSSR count). The molecule has 4 nitrogen and oxygen atoms in total. The zero-order valence-electron chi connectivity index (χ0n) is 14.8. The Morgan fingerprint density at radius 2 is 1.88 bits per heavy atom. The summed E-state index contributed by atoms with van der Waals surface area (Å²) in [6, 6.07) is 18.6. The average molecular weight is 346 g/mol. The minimum atomic E-state index is -0.536. The van der Waals surface area contributed by atoms with E-state index < -0.39 is 6.10 Å². The molecule has 2 aliphatic heterocycles. The second-order valence-corrected chi connectivity index (χ2v) is 7.29. The lowest BCUT2D eigenvalue weighted by atomic mass is 9.95. The van der Waals surface area contributed by atoms with Crippen LogP contribution in [0.4, 0.5) is 0 Å². The molecule has 4 heteroatoms. The maximum Gasteiger partial charge on any atom is 0.257 e. The highest BCUT2D eigenvalue weighted by molar-refractivity contribution is 5.88. The summed E-state index contributed by atoms with van der Waals surface area (Å²) in [6.07, 6.45) is 2.44. The van der Waals surface area contributed by atoms with Crippen LogP contribution < -0.4 is 0 Å². The van der Waals surface area contributed by atoms with Crippen molar-refractivity contribution in [2.75, 3.05) is 7.11 Å². The van der Waals surface area contributed by atoms with Gasteiger partial charge in [0.1, 0.15) is 0 Å². The number of ether oxygens (including phenoxy) is 1. The number of carbonyl (C=O) groups excluding carboxylic acids is 1. The number of amides is 1. The van der Waals surface area contributed by atoms with Gasteiger partial charge in [-0.05, 0) is 24.5 Å². The van der Waals surface area contributed by atoms with Crippen LogP contribution in [0.15, 0.2) is 54.6 Å². The second-order valence-electron chi connectivity index (χ2n) is 7.29. The first-order valence-electron chi connectivity index (χ1n) is 9.27. The topological polar surface area (TPSA) is 45.3 Å². The third kappa shape index (κ3) is 2.22. The molecule has 2 bridgehead atoms. The van der Waals surface area contributed by atoms with Crippen molar-refractivity contribution < 1.29 is 9.53 Å². The Hall–Kier alpha value is -2.59. The third-order valence-corrected chi connectivity index (χ3v) is 5.92. The Kier molecular flexibility index (Phi) is 3.61. The number of hydrogen-bond acceptors (Lipinski definition) is 2. The highest BCUT2D eigenvalue weighted by Crippen LogP contribution is 2.47. The first-order chi connectivity index (χ1) is 12.8. The van der Waals surface area contributed by atoms with Gasteiger partial charge in [0, 0.05) is 41.7 Å². The van der Waals surface area contributed by atoms with E-state index in [9.17, 15) is 4.79 Å². The van der Waals surface area contributed by atoms with Gasteiger partial charge in [-0.3, -0.25) is 4.79 Å². The largest absolute Gasteiger partial charge is 0.367 e. The lowest BCUT2D eigenvalue weighted by molar-refractivity contribution is -0.146. The Morgan fingerprint density at radius 3 is 2.69 bits per heavy atom. The number of rotatable bonds is 3. The van der Waals surface area contributed by atoms with Crippen LogP contribution >= 0.6 is 0 Å². The maximum absolute atomic E-state index is 13.4. The van der Waals surface area contributed by atoms with Crippen LogP contribution in [0.5, 0.6) is 0 Å². The fourth-order valence-corrected chi connectivity index (χ4v) is 4.84. The number of hydrogen-bond donors (Lipinski definition) is 1. The van der Waals surface area contributed by atoms with Crippen molar-refractivity contribution in [3.63, 3.8) is 0 Å². The first-order valence-corrected chi connectivity index (χ1v) is 9.27. The van der Waals surface area contributed by atoms with Gasteiger partial charge in [-0.25, -0.2) is 0 Å². The highest BCUT2D eigenvalue weighted by atomic mass is 16.5. The van der Waals surface area contributed by atoms with Crippen molar-refractivity contribution in [1.82, 2.24) is 9.88 Å². The number of H-pyrrole nitrogens is 1. The Labute approximate surface area is 152 Å². The summed E-state index contributed by atoms with van der Waals surface area (Å²) in [7, 11) is 1.62. The van der Waals surface area contributed by atoms with E-state index in [4.69, 9.17) is 4.74 Å². The van der Waals surface area contributed by atoms with Crippen molar-refractivity contribution in [1.29, 1.82) is 0 Å². The predicted molar refractivity (Wildman–Crippen MR) is 101 cm³/mol. The molecule has 0 aliphatic carbocycles. The number of aromatic nitrogens is 1. The molecule has 1 fully saturated rings. The summed E-state index contributed by atoms with van der Waals surface area (Å²) in [5, 5.41) is 1.25. The maximum atomic E-state index is 13.4. The molecule has 2 aromatic carbocycles. The van der Waals surface area contributed by atoms with E-state index in [1.807, 2.05) is 30.3 Å². The van der Waals surface area contributed by atoms with Crippen molar-refractivity contribution in [2.24, 2.45) is 0 Å². The van der Waals surface area contributed by atoms with Gasteiger partial charge >= 0.3 is 0 Å². The molecule has 0 radical (unpaired) electrons. The van der Waals surface area contributed by atoms with E-state index in [-0.39, 0.29) is 18.0 Å². The Morgan fingerprint density at radius 1 is 1.12 bits per heavy atom. The summed E-state index contributed by atoms with van der Waals surface area (Å²) in [6.45, 7) is 0. The fraction of sp³-hybridized carbons (Fsp3) is 0.318. The smallest absolute Gasteiger partial charge is 0.257 e. The minimum absolute atomic E-state index is 0.0853. The van der Waals surface area contributed by atoms with E-state index in [1.165, 1.54) is 22.2 Å². The zero-order valence-corrected chi connectivity index (χ0v) is 14.8. The molecular formula is C22H22N2O2. The van der Waals surface area contributed by atoms with Crippen molar-refractivity contribution in [3.8, 4) is 0 Å². The molecule has 2 aliphatic rings. The number of aromatic amines is 1. The summed E-state index contributed by atoms with van der Waals surface area (Å²) in [5.74, 6) is 0.0853. The van der Waals surface area contributed by atoms with E-state index in [1.54, 1.807) is 7.11 Å². The number of carbonyl (C=O) groups is 1. The molecule has 0 saturated carbocycles. The summed E-state index contributed by atoms with van der Waals surface area (Å²) >= 11 is 0. The first kappa shape index (κ1) is 15.6. The van der Waals surface area contributed by atoms with Gasteiger partial charge < -0.3 is 14.6 Å². The van der Waals surface area contributed by atoms with Crippen LogP contribution in [0.2, 0.25) is 0 Å². The van der Waals surface area contributed by atoms with E-state index in [2.05, 4.69) is 34.1 Å². The monoisotopic (exact) mass is 346 g/mol. The SMILES string of the molecule is CO[C@@H](C(=O)N1[C@@H]2CC[C@H]1c1c([nH]c3ccccc13)C2)c1ccccc1. The molecule has 132 valence electrons. The third-order valence-electron chi connectivity index (χ3n) is 5.92. The van der Waals surface area contributed by atoms with Gasteiger partial charge in [-0.2, -0.15) is 0 Å².